The maximum absolute atomic E-state index is 5.74. The van der Waals surface area contributed by atoms with Gasteiger partial charge in [-0.2, -0.15) is 0 Å². The van der Waals surface area contributed by atoms with Crippen molar-refractivity contribution in [2.24, 2.45) is 0 Å². The van der Waals surface area contributed by atoms with Crippen molar-refractivity contribution in [2.45, 2.75) is 13.8 Å². The van der Waals surface area contributed by atoms with Gasteiger partial charge in [0.25, 0.3) is 0 Å². The van der Waals surface area contributed by atoms with Crippen molar-refractivity contribution in [3.63, 3.8) is 0 Å². The first kappa shape index (κ1) is 7.09. The summed E-state index contributed by atoms with van der Waals surface area (Å²) >= 11 is 0. The molecule has 0 amide bonds. The van der Waals surface area contributed by atoms with Crippen molar-refractivity contribution in [1.82, 2.24) is 14.6 Å². The van der Waals surface area contributed by atoms with E-state index in [0.717, 1.165) is 22.9 Å². The third kappa shape index (κ3) is 0.777. The first-order valence-electron chi connectivity index (χ1n) is 3.77. The average molecular weight is 162 g/mol. The van der Waals surface area contributed by atoms with Crippen LogP contribution in [0, 0.1) is 13.8 Å². The molecule has 0 aliphatic carbocycles. The number of nitrogen functional groups attached to an aromatic ring is 1. The number of fused-ring (bicyclic) bond motifs is 1. The fraction of sp³-hybridized carbons (Fsp3) is 0.250. The van der Waals surface area contributed by atoms with E-state index < -0.39 is 0 Å². The highest BCUT2D eigenvalue weighted by molar-refractivity contribution is 5.52. The van der Waals surface area contributed by atoms with Gasteiger partial charge in [0.1, 0.15) is 5.82 Å². The third-order valence-electron chi connectivity index (χ3n) is 2.02. The molecule has 2 aromatic rings. The minimum absolute atomic E-state index is 0.769. The minimum Gasteiger partial charge on any atom is -0.397 e. The molecule has 2 rings (SSSR count). The second-order valence-corrected chi connectivity index (χ2v) is 2.81. The lowest BCUT2D eigenvalue weighted by Gasteiger charge is -2.02. The lowest BCUT2D eigenvalue weighted by molar-refractivity contribution is 0.980. The zero-order chi connectivity index (χ0) is 8.72. The predicted octanol–water partition coefficient (Wildman–Crippen LogP) is 0.928. The van der Waals surface area contributed by atoms with Crippen molar-refractivity contribution in [1.29, 1.82) is 0 Å². The Kier molecular flexibility index (Phi) is 1.30. The molecular formula is C8H10N4. The number of anilines is 1. The Morgan fingerprint density at radius 2 is 2.00 bits per heavy atom. The van der Waals surface area contributed by atoms with Gasteiger partial charge < -0.3 is 5.73 Å². The number of hydrogen-bond acceptors (Lipinski definition) is 3. The molecule has 0 atom stereocenters. The van der Waals surface area contributed by atoms with Gasteiger partial charge in [-0.05, 0) is 26.0 Å². The van der Waals surface area contributed by atoms with Crippen molar-refractivity contribution in [3.05, 3.63) is 23.7 Å². The molecule has 4 nitrogen and oxygen atoms in total. The molecule has 2 aromatic heterocycles. The molecule has 2 N–H and O–H groups in total. The summed E-state index contributed by atoms with van der Waals surface area (Å²) in [6.07, 6.45) is 0. The summed E-state index contributed by atoms with van der Waals surface area (Å²) in [5, 5.41) is 7.93. The second-order valence-electron chi connectivity index (χ2n) is 2.81. The molecule has 2 heterocycles. The van der Waals surface area contributed by atoms with Crippen LogP contribution < -0.4 is 5.73 Å². The van der Waals surface area contributed by atoms with Crippen LogP contribution in [-0.2, 0) is 0 Å². The summed E-state index contributed by atoms with van der Waals surface area (Å²) in [5.74, 6) is 0.870. The van der Waals surface area contributed by atoms with Crippen LogP contribution in [0.4, 0.5) is 5.69 Å². The Balaban J connectivity index is 2.96. The molecule has 62 valence electrons. The van der Waals surface area contributed by atoms with E-state index in [1.807, 2.05) is 30.4 Å². The molecule has 0 spiro atoms. The van der Waals surface area contributed by atoms with Crippen molar-refractivity contribution >= 4 is 11.3 Å². The zero-order valence-electron chi connectivity index (χ0n) is 7.07. The molecule has 0 bridgehead atoms. The second kappa shape index (κ2) is 2.20. The number of pyridine rings is 1. The molecule has 0 unspecified atom stereocenters. The number of aromatic nitrogens is 3. The van der Waals surface area contributed by atoms with Crippen LogP contribution in [-0.4, -0.2) is 14.6 Å². The highest BCUT2D eigenvalue weighted by Gasteiger charge is 2.04. The van der Waals surface area contributed by atoms with E-state index in [-0.39, 0.29) is 0 Å². The normalized spacial score (nSPS) is 10.8. The summed E-state index contributed by atoms with van der Waals surface area (Å²) in [5.41, 5.74) is 8.35. The number of aryl methyl sites for hydroxylation is 2. The van der Waals surface area contributed by atoms with E-state index in [0.29, 0.717) is 0 Å². The highest BCUT2D eigenvalue weighted by Crippen LogP contribution is 2.13. The molecule has 0 saturated heterocycles. The Bertz CT molecular complexity index is 430. The van der Waals surface area contributed by atoms with E-state index in [4.69, 9.17) is 5.73 Å². The van der Waals surface area contributed by atoms with Gasteiger partial charge in [-0.1, -0.05) is 0 Å². The zero-order valence-corrected chi connectivity index (χ0v) is 7.07. The topological polar surface area (TPSA) is 56.2 Å². The standard InChI is InChI=1S/C8H10N4/c1-5-7(9)3-4-8-11-10-6(2)12(5)8/h3-4H,9H2,1-2H3. The van der Waals surface area contributed by atoms with Gasteiger partial charge in [0.05, 0.1) is 5.69 Å². The summed E-state index contributed by atoms with van der Waals surface area (Å²) in [6.45, 7) is 3.87. The fourth-order valence-corrected chi connectivity index (χ4v) is 1.32. The molecule has 0 radical (unpaired) electrons. The van der Waals surface area contributed by atoms with Crippen molar-refractivity contribution < 1.29 is 0 Å². The lowest BCUT2D eigenvalue weighted by Crippen LogP contribution is -1.98. The van der Waals surface area contributed by atoms with Gasteiger partial charge in [0, 0.05) is 5.69 Å². The molecule has 0 aliphatic heterocycles. The van der Waals surface area contributed by atoms with Crippen LogP contribution in [0.2, 0.25) is 0 Å². The van der Waals surface area contributed by atoms with Gasteiger partial charge >= 0.3 is 0 Å². The summed E-state index contributed by atoms with van der Waals surface area (Å²) in [6, 6.07) is 3.71. The Labute approximate surface area is 70.0 Å². The Hall–Kier alpha value is -1.58. The third-order valence-corrected chi connectivity index (χ3v) is 2.02. The molecule has 4 heteroatoms. The molecular weight excluding hydrogens is 152 g/mol. The van der Waals surface area contributed by atoms with E-state index in [1.54, 1.807) is 0 Å². The molecule has 0 aliphatic rings. The number of nitrogens with zero attached hydrogens (tertiary/aromatic N) is 3. The van der Waals surface area contributed by atoms with Crippen LogP contribution in [0.5, 0.6) is 0 Å². The van der Waals surface area contributed by atoms with Gasteiger partial charge in [0.2, 0.25) is 0 Å². The van der Waals surface area contributed by atoms with Gasteiger partial charge in [-0.3, -0.25) is 4.40 Å². The van der Waals surface area contributed by atoms with Gasteiger partial charge in [-0.25, -0.2) is 0 Å². The van der Waals surface area contributed by atoms with Crippen LogP contribution in [0.15, 0.2) is 12.1 Å². The maximum atomic E-state index is 5.74. The maximum Gasteiger partial charge on any atom is 0.161 e. The van der Waals surface area contributed by atoms with Crippen LogP contribution >= 0.6 is 0 Å². The van der Waals surface area contributed by atoms with Gasteiger partial charge in [-0.15, -0.1) is 10.2 Å². The van der Waals surface area contributed by atoms with Crippen LogP contribution in [0.25, 0.3) is 5.65 Å². The van der Waals surface area contributed by atoms with E-state index in [9.17, 15) is 0 Å². The number of rotatable bonds is 0. The number of nitrogens with two attached hydrogens (primary N) is 1. The summed E-state index contributed by atoms with van der Waals surface area (Å²) in [4.78, 5) is 0. The summed E-state index contributed by atoms with van der Waals surface area (Å²) < 4.78 is 1.94. The van der Waals surface area contributed by atoms with Crippen molar-refractivity contribution in [2.75, 3.05) is 5.73 Å². The van der Waals surface area contributed by atoms with Crippen molar-refractivity contribution in [3.8, 4) is 0 Å². The molecule has 12 heavy (non-hydrogen) atoms. The fourth-order valence-electron chi connectivity index (χ4n) is 1.32. The van der Waals surface area contributed by atoms with Gasteiger partial charge in [0.15, 0.2) is 5.65 Å². The predicted molar refractivity (Wildman–Crippen MR) is 46.9 cm³/mol. The van der Waals surface area contributed by atoms with E-state index in [1.165, 1.54) is 0 Å². The van der Waals surface area contributed by atoms with E-state index >= 15 is 0 Å². The van der Waals surface area contributed by atoms with Crippen LogP contribution in [0.1, 0.15) is 11.5 Å². The SMILES string of the molecule is Cc1nnc2ccc(N)c(C)n12. The average Bonchev–Trinajstić information content (AvgIpc) is 2.41. The number of hydrogen-bond donors (Lipinski definition) is 1. The molecule has 0 fully saturated rings. The lowest BCUT2D eigenvalue weighted by atomic mass is 10.3. The minimum atomic E-state index is 0.769. The smallest absolute Gasteiger partial charge is 0.161 e. The van der Waals surface area contributed by atoms with Crippen LogP contribution in [0.3, 0.4) is 0 Å². The first-order valence-corrected chi connectivity index (χ1v) is 3.77. The molecule has 0 saturated carbocycles. The Morgan fingerprint density at radius 3 is 2.75 bits per heavy atom. The molecule has 0 aromatic carbocycles. The quantitative estimate of drug-likeness (QED) is 0.627. The first-order chi connectivity index (χ1) is 5.70. The van der Waals surface area contributed by atoms with E-state index in [2.05, 4.69) is 10.2 Å². The highest BCUT2D eigenvalue weighted by atomic mass is 15.2. The Morgan fingerprint density at radius 1 is 1.25 bits per heavy atom. The largest absolute Gasteiger partial charge is 0.397 e. The monoisotopic (exact) mass is 162 g/mol. The summed E-state index contributed by atoms with van der Waals surface area (Å²) in [7, 11) is 0.